The van der Waals surface area contributed by atoms with Crippen molar-refractivity contribution < 1.29 is 33.8 Å². The van der Waals surface area contributed by atoms with Gasteiger partial charge in [0.25, 0.3) is 5.91 Å². The molecular weight excluding hydrogens is 690 g/mol. The molecule has 0 unspecified atom stereocenters. The van der Waals surface area contributed by atoms with Crippen LogP contribution in [0.1, 0.15) is 44.8 Å². The molecule has 0 aliphatic carbocycles. The summed E-state index contributed by atoms with van der Waals surface area (Å²) in [6.07, 6.45) is 4.61. The van der Waals surface area contributed by atoms with E-state index >= 15 is 0 Å². The van der Waals surface area contributed by atoms with Crippen LogP contribution < -0.4 is 10.2 Å². The highest BCUT2D eigenvalue weighted by atomic mass is 79.9. The average Bonchev–Trinajstić information content (AvgIpc) is 3.66. The van der Waals surface area contributed by atoms with E-state index < -0.39 is 65.6 Å². The number of nitrogens with one attached hydrogen (secondary N) is 1. The first-order valence-electron chi connectivity index (χ1n) is 15.9. The summed E-state index contributed by atoms with van der Waals surface area (Å²) >= 11 is 9.76. The van der Waals surface area contributed by atoms with Crippen molar-refractivity contribution >= 4 is 56.9 Å². The van der Waals surface area contributed by atoms with E-state index in [1.165, 1.54) is 9.80 Å². The molecule has 1 spiro atoms. The van der Waals surface area contributed by atoms with E-state index in [-0.39, 0.29) is 25.5 Å². The lowest BCUT2D eigenvalue weighted by Crippen LogP contribution is -2.58. The maximum absolute atomic E-state index is 14.9. The van der Waals surface area contributed by atoms with Gasteiger partial charge in [-0.3, -0.25) is 19.2 Å². The number of anilines is 1. The summed E-state index contributed by atoms with van der Waals surface area (Å²) in [7, 11) is 0. The molecule has 47 heavy (non-hydrogen) atoms. The predicted molar refractivity (Wildman–Crippen MR) is 178 cm³/mol. The largest absolute Gasteiger partial charge is 0.455 e. The van der Waals surface area contributed by atoms with E-state index in [2.05, 4.69) is 21.2 Å². The first kappa shape index (κ1) is 33.4. The molecule has 0 saturated carbocycles. The Morgan fingerprint density at radius 2 is 1.77 bits per heavy atom. The standard InChI is InChI=1S/C35H37BrClN3O7/c1-3-23(19-41)40-31-33(44)39(24-15-13-22(37)14-16-24)17-9-5-8-12-26(42)38-20(2)29(21-10-6-4-7-11-21)46-34(45)27-28(32(40)43)35(31)18-25(36)30(27)47-35/h4-7,9-11,13-16,18,20,23,27-31,41H,3,8,12,17,19H2,1-2H3,(H,38,42)/b9-5-/t20-,23-,27+,28-,29+,30+,31+,35-/m0/s1. The summed E-state index contributed by atoms with van der Waals surface area (Å²) < 4.78 is 13.3. The Morgan fingerprint density at radius 1 is 1.04 bits per heavy atom. The second-order valence-corrected chi connectivity index (χ2v) is 13.7. The first-order valence-corrected chi connectivity index (χ1v) is 17.0. The number of amides is 3. The first-order chi connectivity index (χ1) is 22.6. The fourth-order valence-corrected chi connectivity index (χ4v) is 8.19. The number of fused-ring (bicyclic) bond motifs is 2. The van der Waals surface area contributed by atoms with Crippen molar-refractivity contribution in [3.8, 4) is 0 Å². The number of carbonyl (C=O) groups excluding carboxylic acids is 4. The van der Waals surface area contributed by atoms with Crippen molar-refractivity contribution in [2.24, 2.45) is 11.8 Å². The summed E-state index contributed by atoms with van der Waals surface area (Å²) in [5, 5.41) is 13.9. The summed E-state index contributed by atoms with van der Waals surface area (Å²) in [4.78, 5) is 59.7. The van der Waals surface area contributed by atoms with Crippen molar-refractivity contribution in [3.05, 3.63) is 87.9 Å². The van der Waals surface area contributed by atoms with E-state index in [1.807, 2.05) is 49.4 Å². The highest BCUT2D eigenvalue weighted by Crippen LogP contribution is 2.59. The smallest absolute Gasteiger partial charge is 0.313 e. The molecule has 2 aromatic rings. The molecule has 0 aromatic heterocycles. The summed E-state index contributed by atoms with van der Waals surface area (Å²) in [5.74, 6) is -3.98. The molecule has 4 aliphatic heterocycles. The molecule has 2 fully saturated rings. The molecule has 0 radical (unpaired) electrons. The van der Waals surface area contributed by atoms with E-state index in [4.69, 9.17) is 21.1 Å². The molecule has 2 saturated heterocycles. The van der Waals surface area contributed by atoms with Crippen LogP contribution in [0.2, 0.25) is 5.02 Å². The summed E-state index contributed by atoms with van der Waals surface area (Å²) in [6.45, 7) is 3.35. The molecular formula is C35H37BrClN3O7. The van der Waals surface area contributed by atoms with Crippen LogP contribution in [0.25, 0.3) is 0 Å². The van der Waals surface area contributed by atoms with Gasteiger partial charge >= 0.3 is 5.97 Å². The molecule has 3 amide bonds. The molecule has 5 bridgehead atoms. The van der Waals surface area contributed by atoms with Gasteiger partial charge in [0.2, 0.25) is 11.8 Å². The number of aliphatic hydroxyl groups excluding tert-OH is 1. The van der Waals surface area contributed by atoms with Crippen LogP contribution in [0, 0.1) is 11.8 Å². The summed E-state index contributed by atoms with van der Waals surface area (Å²) in [5.41, 5.74) is -0.290. The van der Waals surface area contributed by atoms with Gasteiger partial charge in [0.15, 0.2) is 0 Å². The number of ether oxygens (including phenoxy) is 2. The SMILES string of the molecule is CC[C@@H](CO)N1C(=O)[C@@H]2[C@H]3C(=O)O[C@@H](c4ccccc4)[C@H](C)NC(=O)CC/C=C\CN(c4ccc(Cl)cc4)C(=O)[C@@H]1[C@]21C=C(Br)[C@H]3O1. The third-order valence-corrected chi connectivity index (χ3v) is 10.5. The van der Waals surface area contributed by atoms with Gasteiger partial charge in [-0.25, -0.2) is 0 Å². The molecule has 4 aliphatic rings. The minimum absolute atomic E-state index is 0.129. The van der Waals surface area contributed by atoms with Crippen LogP contribution in [0.5, 0.6) is 0 Å². The number of likely N-dealkylation sites (tertiary alicyclic amines) is 1. The fourth-order valence-electron chi connectivity index (χ4n) is 7.32. The highest BCUT2D eigenvalue weighted by molar-refractivity contribution is 9.11. The van der Waals surface area contributed by atoms with E-state index in [0.29, 0.717) is 33.6 Å². The highest BCUT2D eigenvalue weighted by Gasteiger charge is 2.75. The monoisotopic (exact) mass is 725 g/mol. The number of cyclic esters (lactones) is 1. The number of carbonyl (C=O) groups is 4. The third kappa shape index (κ3) is 5.92. The quantitative estimate of drug-likeness (QED) is 0.345. The van der Waals surface area contributed by atoms with Crippen molar-refractivity contribution in [1.82, 2.24) is 10.2 Å². The van der Waals surface area contributed by atoms with E-state index in [9.17, 15) is 24.3 Å². The molecule has 248 valence electrons. The Bertz CT molecular complexity index is 1600. The van der Waals surface area contributed by atoms with Crippen molar-refractivity contribution in [3.63, 3.8) is 0 Å². The number of rotatable bonds is 5. The molecule has 10 nitrogen and oxygen atoms in total. The number of hydrogen-bond acceptors (Lipinski definition) is 7. The Morgan fingerprint density at radius 3 is 2.45 bits per heavy atom. The van der Waals surface area contributed by atoms with Crippen LogP contribution in [-0.4, -0.2) is 76.7 Å². The molecule has 6 rings (SSSR count). The van der Waals surface area contributed by atoms with Crippen LogP contribution in [0.4, 0.5) is 5.69 Å². The minimum atomic E-state index is -1.51. The number of benzene rings is 2. The number of aliphatic hydroxyl groups is 1. The maximum atomic E-state index is 14.9. The van der Waals surface area contributed by atoms with Crippen molar-refractivity contribution in [2.75, 3.05) is 18.1 Å². The Kier molecular flexibility index (Phi) is 9.62. The summed E-state index contributed by atoms with van der Waals surface area (Å²) in [6, 6.07) is 13.4. The molecule has 8 atom stereocenters. The predicted octanol–water partition coefficient (Wildman–Crippen LogP) is 4.46. The van der Waals surface area contributed by atoms with Crippen LogP contribution in [0.15, 0.2) is 77.3 Å². The van der Waals surface area contributed by atoms with Gasteiger partial charge in [-0.05, 0) is 55.7 Å². The Hall–Kier alpha value is -3.51. The molecule has 4 heterocycles. The second-order valence-electron chi connectivity index (χ2n) is 12.4. The number of esters is 1. The lowest BCUT2D eigenvalue weighted by molar-refractivity contribution is -0.161. The van der Waals surface area contributed by atoms with Gasteiger partial charge in [-0.15, -0.1) is 0 Å². The molecule has 2 N–H and O–H groups in total. The zero-order valence-electron chi connectivity index (χ0n) is 26.1. The second kappa shape index (κ2) is 13.5. The van der Waals surface area contributed by atoms with Gasteiger partial charge in [0, 0.05) is 28.2 Å². The topological polar surface area (TPSA) is 125 Å². The molecule has 12 heteroatoms. The lowest BCUT2D eigenvalue weighted by atomic mass is 9.74. The van der Waals surface area contributed by atoms with Gasteiger partial charge in [0.1, 0.15) is 29.8 Å². The minimum Gasteiger partial charge on any atom is -0.455 e. The zero-order valence-corrected chi connectivity index (χ0v) is 28.4. The van der Waals surface area contributed by atoms with Crippen molar-refractivity contribution in [2.45, 2.75) is 69.0 Å². The number of halogens is 2. The van der Waals surface area contributed by atoms with Gasteiger partial charge in [-0.2, -0.15) is 0 Å². The maximum Gasteiger partial charge on any atom is 0.313 e. The zero-order chi connectivity index (χ0) is 33.5. The van der Waals surface area contributed by atoms with Gasteiger partial charge in [0.05, 0.1) is 24.6 Å². The van der Waals surface area contributed by atoms with Crippen LogP contribution in [-0.2, 0) is 28.7 Å². The fraction of sp³-hybridized carbons (Fsp3) is 0.429. The van der Waals surface area contributed by atoms with E-state index in [1.54, 1.807) is 37.3 Å². The Balaban J connectivity index is 1.49. The van der Waals surface area contributed by atoms with Crippen LogP contribution >= 0.6 is 27.5 Å². The van der Waals surface area contributed by atoms with Crippen molar-refractivity contribution in [1.29, 1.82) is 0 Å². The third-order valence-electron chi connectivity index (χ3n) is 9.56. The number of nitrogens with zero attached hydrogens (tertiary/aromatic N) is 2. The van der Waals surface area contributed by atoms with Crippen LogP contribution in [0.3, 0.4) is 0 Å². The molecule has 2 aromatic carbocycles. The van der Waals surface area contributed by atoms with Gasteiger partial charge in [-0.1, -0.05) is 76.9 Å². The Labute approximate surface area is 286 Å². The number of allylic oxidation sites excluding steroid dienone is 1. The average molecular weight is 727 g/mol. The normalized spacial score (nSPS) is 32.5. The van der Waals surface area contributed by atoms with E-state index in [0.717, 1.165) is 0 Å². The lowest BCUT2D eigenvalue weighted by Gasteiger charge is -2.38. The van der Waals surface area contributed by atoms with Gasteiger partial charge < -0.3 is 29.7 Å². The number of hydrogen-bond donors (Lipinski definition) is 2.